The van der Waals surface area contributed by atoms with Crippen LogP contribution in [0.4, 0.5) is 32.0 Å². The van der Waals surface area contributed by atoms with E-state index < -0.39 is 23.5 Å². The van der Waals surface area contributed by atoms with Gasteiger partial charge in [0.05, 0.1) is 45.8 Å². The number of nitrogens with zero attached hydrogens (tertiary/aromatic N) is 4. The summed E-state index contributed by atoms with van der Waals surface area (Å²) in [5.41, 5.74) is 1.48. The summed E-state index contributed by atoms with van der Waals surface area (Å²) in [5.74, 6) is 0.318. The maximum Gasteiger partial charge on any atom is 0.417 e. The van der Waals surface area contributed by atoms with Crippen LogP contribution in [0.1, 0.15) is 11.1 Å². The molecule has 2 heterocycles. The molecule has 0 aliphatic rings. The molecule has 0 atom stereocenters. The molecule has 9 rings (SSSR count). The van der Waals surface area contributed by atoms with Gasteiger partial charge in [-0.25, -0.2) is 14.8 Å². The van der Waals surface area contributed by atoms with Gasteiger partial charge in [-0.3, -0.25) is 0 Å². The molecule has 10 heteroatoms. The zero-order valence-corrected chi connectivity index (χ0v) is 30.7. The lowest BCUT2D eigenvalue weighted by Crippen LogP contribution is -2.11. The second-order valence-corrected chi connectivity index (χ2v) is 13.9. The molecule has 0 N–H and O–H groups in total. The zero-order chi connectivity index (χ0) is 40.9. The normalized spacial score (nSPS) is 11.9. The van der Waals surface area contributed by atoms with Crippen molar-refractivity contribution in [2.24, 2.45) is 0 Å². The Balaban J connectivity index is 1.49. The largest absolute Gasteiger partial charge is 0.417 e. The Labute approximate surface area is 334 Å². The summed E-state index contributed by atoms with van der Waals surface area (Å²) in [6.07, 6.45) is -9.68. The van der Waals surface area contributed by atoms with Gasteiger partial charge >= 0.3 is 12.4 Å². The highest BCUT2D eigenvalue weighted by Gasteiger charge is 2.37. The van der Waals surface area contributed by atoms with Gasteiger partial charge in [0, 0.05) is 33.2 Å². The predicted molar refractivity (Wildman–Crippen MR) is 220 cm³/mol. The fraction of sp³-hybridized carbons (Fsp3) is 0.0408. The van der Waals surface area contributed by atoms with E-state index in [1.807, 2.05) is 66.7 Å². The Morgan fingerprint density at radius 3 is 1.51 bits per heavy atom. The molecule has 4 nitrogen and oxygen atoms in total. The van der Waals surface area contributed by atoms with E-state index in [2.05, 4.69) is 4.85 Å². The monoisotopic (exact) mass is 786 g/mol. The molecule has 0 bridgehead atoms. The Hall–Kier alpha value is -7.51. The first kappa shape index (κ1) is 37.1. The predicted octanol–water partition coefficient (Wildman–Crippen LogP) is 14.5. The lowest BCUT2D eigenvalue weighted by atomic mass is 9.88. The number of benzene rings is 7. The third-order valence-corrected chi connectivity index (χ3v) is 10.3. The minimum atomic E-state index is -4.84. The molecule has 0 fully saturated rings. The van der Waals surface area contributed by atoms with Crippen LogP contribution >= 0.6 is 0 Å². The van der Waals surface area contributed by atoms with Gasteiger partial charge < -0.3 is 4.57 Å². The van der Waals surface area contributed by atoms with E-state index in [1.165, 1.54) is 36.4 Å². The van der Waals surface area contributed by atoms with Crippen molar-refractivity contribution in [2.75, 3.05) is 0 Å². The summed E-state index contributed by atoms with van der Waals surface area (Å²) in [6, 6.07) is 45.5. The highest BCUT2D eigenvalue weighted by molar-refractivity contribution is 6.12. The first-order chi connectivity index (χ1) is 28.5. The smallest absolute Gasteiger partial charge is 0.308 e. The van der Waals surface area contributed by atoms with Crippen LogP contribution in [0.5, 0.6) is 0 Å². The molecule has 59 heavy (non-hydrogen) atoms. The summed E-state index contributed by atoms with van der Waals surface area (Å²) in [5, 5.41) is 1.28. The molecule has 0 amide bonds. The van der Waals surface area contributed by atoms with Gasteiger partial charge in [0.15, 0.2) is 11.5 Å². The van der Waals surface area contributed by atoms with Crippen molar-refractivity contribution >= 4 is 27.5 Å². The van der Waals surface area contributed by atoms with Gasteiger partial charge in [-0.1, -0.05) is 121 Å². The molecular weight excluding hydrogens is 759 g/mol. The van der Waals surface area contributed by atoms with E-state index in [4.69, 9.17) is 16.5 Å². The topological polar surface area (TPSA) is 35.1 Å². The molecule has 0 aliphatic heterocycles. The van der Waals surface area contributed by atoms with Crippen LogP contribution in [0, 0.1) is 6.57 Å². The van der Waals surface area contributed by atoms with Crippen molar-refractivity contribution in [3.8, 4) is 61.8 Å². The fourth-order valence-electron chi connectivity index (χ4n) is 7.70. The lowest BCUT2D eigenvalue weighted by molar-refractivity contribution is -0.137. The van der Waals surface area contributed by atoms with Crippen LogP contribution in [0.25, 0.3) is 88.5 Å². The molecule has 0 aliphatic carbocycles. The van der Waals surface area contributed by atoms with Crippen molar-refractivity contribution in [1.82, 2.24) is 14.5 Å². The number of fused-ring (bicyclic) bond motifs is 3. The summed E-state index contributed by atoms with van der Waals surface area (Å²) >= 11 is 0. The summed E-state index contributed by atoms with van der Waals surface area (Å²) in [6.45, 7) is 7.70. The van der Waals surface area contributed by atoms with E-state index in [0.29, 0.717) is 44.6 Å². The van der Waals surface area contributed by atoms with Gasteiger partial charge in [-0.15, -0.1) is 0 Å². The van der Waals surface area contributed by atoms with Gasteiger partial charge in [-0.2, -0.15) is 26.3 Å². The van der Waals surface area contributed by atoms with Crippen LogP contribution < -0.4 is 0 Å². The standard InChI is InChI=1S/C49H28F6N4/c1-56-33-24-25-45-37(28-33)36-20-10-13-23-44(36)59(45)46-38(34-18-8-11-21-40(34)48(50,51)52)26-32(27-39(46)35-19-9-12-22-41(35)49(53,54)55)43-29-42(30-14-4-2-5-15-30)57-47(58-43)31-16-6-3-7-17-31/h2-29H. The molecule has 0 saturated carbocycles. The number of halogens is 6. The van der Waals surface area contributed by atoms with Gasteiger partial charge in [0.1, 0.15) is 0 Å². The SMILES string of the molecule is [C-]#[N+]c1ccc2c(c1)c1ccccc1n2-c1c(-c2ccccc2C(F)(F)F)cc(-c2cc(-c3ccccc3)nc(-c3ccccc3)n2)cc1-c1ccccc1C(F)(F)F. The third kappa shape index (κ3) is 6.76. The number of alkyl halides is 6. The summed E-state index contributed by atoms with van der Waals surface area (Å²) in [4.78, 5) is 13.4. The van der Waals surface area contributed by atoms with Crippen molar-refractivity contribution in [3.63, 3.8) is 0 Å². The zero-order valence-electron chi connectivity index (χ0n) is 30.7. The number of aromatic nitrogens is 3. The highest BCUT2D eigenvalue weighted by atomic mass is 19.4. The Morgan fingerprint density at radius 2 is 0.932 bits per heavy atom. The first-order valence-corrected chi connectivity index (χ1v) is 18.4. The summed E-state index contributed by atoms with van der Waals surface area (Å²) < 4.78 is 92.6. The second-order valence-electron chi connectivity index (χ2n) is 13.9. The summed E-state index contributed by atoms with van der Waals surface area (Å²) in [7, 11) is 0. The van der Waals surface area contributed by atoms with Crippen molar-refractivity contribution < 1.29 is 26.3 Å². The van der Waals surface area contributed by atoms with E-state index in [9.17, 15) is 0 Å². The fourth-order valence-corrected chi connectivity index (χ4v) is 7.70. The highest BCUT2D eigenvalue weighted by Crippen LogP contribution is 2.49. The van der Waals surface area contributed by atoms with E-state index >= 15 is 26.3 Å². The van der Waals surface area contributed by atoms with Crippen LogP contribution in [0.15, 0.2) is 170 Å². The minimum Gasteiger partial charge on any atom is -0.308 e. The Morgan fingerprint density at radius 1 is 0.441 bits per heavy atom. The van der Waals surface area contributed by atoms with Gasteiger partial charge in [0.25, 0.3) is 0 Å². The molecule has 286 valence electrons. The molecule has 2 aromatic heterocycles. The first-order valence-electron chi connectivity index (χ1n) is 18.4. The van der Waals surface area contributed by atoms with Crippen molar-refractivity contribution in [1.29, 1.82) is 0 Å². The number of hydrogen-bond donors (Lipinski definition) is 0. The molecular formula is C49H28F6N4. The van der Waals surface area contributed by atoms with Crippen LogP contribution in [0.2, 0.25) is 0 Å². The van der Waals surface area contributed by atoms with Crippen molar-refractivity contribution in [2.45, 2.75) is 12.4 Å². The average Bonchev–Trinajstić information content (AvgIpc) is 3.59. The van der Waals surface area contributed by atoms with Gasteiger partial charge in [0.2, 0.25) is 0 Å². The maximum absolute atomic E-state index is 15.1. The molecule has 7 aromatic carbocycles. The molecule has 0 saturated heterocycles. The molecule has 0 unspecified atom stereocenters. The molecule has 0 radical (unpaired) electrons. The third-order valence-electron chi connectivity index (χ3n) is 10.3. The van der Waals surface area contributed by atoms with E-state index in [0.717, 1.165) is 17.7 Å². The number of para-hydroxylation sites is 1. The Kier molecular flexibility index (Phi) is 9.09. The molecule has 9 aromatic rings. The average molecular weight is 787 g/mol. The molecule has 0 spiro atoms. The van der Waals surface area contributed by atoms with Crippen molar-refractivity contribution in [3.05, 3.63) is 192 Å². The number of hydrogen-bond acceptors (Lipinski definition) is 2. The van der Waals surface area contributed by atoms with Crippen LogP contribution in [-0.2, 0) is 12.4 Å². The Bertz CT molecular complexity index is 2950. The maximum atomic E-state index is 15.1. The lowest BCUT2D eigenvalue weighted by Gasteiger charge is -2.24. The number of rotatable bonds is 6. The van der Waals surface area contributed by atoms with E-state index in [1.54, 1.807) is 59.2 Å². The van der Waals surface area contributed by atoms with E-state index in [-0.39, 0.29) is 39.2 Å². The second kappa shape index (κ2) is 14.5. The van der Waals surface area contributed by atoms with Crippen LogP contribution in [0.3, 0.4) is 0 Å². The van der Waals surface area contributed by atoms with Crippen LogP contribution in [-0.4, -0.2) is 14.5 Å². The minimum absolute atomic E-state index is 0.0143. The van der Waals surface area contributed by atoms with Gasteiger partial charge in [-0.05, 0) is 65.0 Å². The quantitative estimate of drug-likeness (QED) is 0.124.